The molecule has 0 amide bonds. The van der Waals surface area contributed by atoms with Gasteiger partial charge in [0.05, 0.1) is 6.54 Å². The van der Waals surface area contributed by atoms with E-state index >= 15 is 0 Å². The molecule has 0 aromatic heterocycles. The number of benzene rings is 1. The summed E-state index contributed by atoms with van der Waals surface area (Å²) >= 11 is 5.92. The SMILES string of the molecule is CCNC(=NCC(C)Oc1ccc(Cl)cc1)N1CCC(N2CC=CC2)C1. The third kappa shape index (κ3) is 5.15. The fourth-order valence-electron chi connectivity index (χ4n) is 3.45. The van der Waals surface area contributed by atoms with Crippen LogP contribution in [-0.4, -0.2) is 67.2 Å². The van der Waals surface area contributed by atoms with Crippen LogP contribution in [0.3, 0.4) is 0 Å². The highest BCUT2D eigenvalue weighted by molar-refractivity contribution is 6.30. The van der Waals surface area contributed by atoms with E-state index in [0.29, 0.717) is 17.6 Å². The van der Waals surface area contributed by atoms with Gasteiger partial charge in [0, 0.05) is 43.8 Å². The molecule has 26 heavy (non-hydrogen) atoms. The molecular weight excluding hydrogens is 348 g/mol. The highest BCUT2D eigenvalue weighted by atomic mass is 35.5. The lowest BCUT2D eigenvalue weighted by molar-refractivity contribution is 0.229. The maximum Gasteiger partial charge on any atom is 0.194 e. The number of likely N-dealkylation sites (tertiary alicyclic amines) is 1. The van der Waals surface area contributed by atoms with E-state index in [1.165, 1.54) is 6.42 Å². The van der Waals surface area contributed by atoms with E-state index in [4.69, 9.17) is 21.3 Å². The summed E-state index contributed by atoms with van der Waals surface area (Å²) in [5.74, 6) is 1.82. The molecule has 3 rings (SSSR count). The molecule has 142 valence electrons. The van der Waals surface area contributed by atoms with Gasteiger partial charge in [-0.05, 0) is 44.5 Å². The zero-order valence-corrected chi connectivity index (χ0v) is 16.5. The van der Waals surface area contributed by atoms with E-state index in [-0.39, 0.29) is 6.10 Å². The summed E-state index contributed by atoms with van der Waals surface area (Å²) in [6.45, 7) is 9.91. The molecule has 1 saturated heterocycles. The molecule has 0 aliphatic carbocycles. The average molecular weight is 377 g/mol. The van der Waals surface area contributed by atoms with Crippen LogP contribution in [0.25, 0.3) is 0 Å². The van der Waals surface area contributed by atoms with Crippen molar-refractivity contribution in [1.82, 2.24) is 15.1 Å². The maximum absolute atomic E-state index is 5.93. The van der Waals surface area contributed by atoms with Gasteiger partial charge in [-0.3, -0.25) is 4.90 Å². The number of hydrogen-bond acceptors (Lipinski definition) is 3. The van der Waals surface area contributed by atoms with E-state index in [1.807, 2.05) is 31.2 Å². The van der Waals surface area contributed by atoms with Crippen LogP contribution in [0.2, 0.25) is 5.02 Å². The second kappa shape index (κ2) is 9.28. The Bertz CT molecular complexity index is 623. The summed E-state index contributed by atoms with van der Waals surface area (Å²) in [5.41, 5.74) is 0. The minimum atomic E-state index is 0.00557. The second-order valence-corrected chi connectivity index (χ2v) is 7.33. The number of hydrogen-bond donors (Lipinski definition) is 1. The van der Waals surface area contributed by atoms with Gasteiger partial charge < -0.3 is 15.0 Å². The van der Waals surface area contributed by atoms with Crippen LogP contribution in [0, 0.1) is 0 Å². The van der Waals surface area contributed by atoms with Gasteiger partial charge >= 0.3 is 0 Å². The van der Waals surface area contributed by atoms with Crippen LogP contribution < -0.4 is 10.1 Å². The summed E-state index contributed by atoms with van der Waals surface area (Å²) in [4.78, 5) is 9.73. The number of halogens is 1. The molecule has 2 heterocycles. The molecule has 2 aliphatic rings. The van der Waals surface area contributed by atoms with Gasteiger partial charge in [-0.1, -0.05) is 23.8 Å². The van der Waals surface area contributed by atoms with Crippen LogP contribution in [0.1, 0.15) is 20.3 Å². The zero-order valence-electron chi connectivity index (χ0n) is 15.7. The first kappa shape index (κ1) is 19.1. The Labute approximate surface area is 161 Å². The first-order valence-corrected chi connectivity index (χ1v) is 9.88. The predicted octanol–water partition coefficient (Wildman–Crippen LogP) is 3.02. The topological polar surface area (TPSA) is 40.1 Å². The third-order valence-corrected chi connectivity index (χ3v) is 5.06. The summed E-state index contributed by atoms with van der Waals surface area (Å²) in [5, 5.41) is 4.15. The van der Waals surface area contributed by atoms with E-state index in [9.17, 15) is 0 Å². The van der Waals surface area contributed by atoms with E-state index < -0.39 is 0 Å². The van der Waals surface area contributed by atoms with Gasteiger partial charge in [-0.2, -0.15) is 0 Å². The van der Waals surface area contributed by atoms with Crippen molar-refractivity contribution in [2.24, 2.45) is 4.99 Å². The molecule has 2 aliphatic heterocycles. The Morgan fingerprint density at radius 2 is 2.04 bits per heavy atom. The smallest absolute Gasteiger partial charge is 0.194 e. The standard InChI is InChI=1S/C20H29ClN4O/c1-3-22-20(25-13-10-18(15-25)24-11-4-5-12-24)23-14-16(2)26-19-8-6-17(21)7-9-19/h4-9,16,18H,3,10-15H2,1-2H3,(H,22,23). The van der Waals surface area contributed by atoms with Crippen LogP contribution in [0.15, 0.2) is 41.4 Å². The quantitative estimate of drug-likeness (QED) is 0.470. The van der Waals surface area contributed by atoms with Gasteiger partial charge in [0.2, 0.25) is 0 Å². The molecule has 1 fully saturated rings. The maximum atomic E-state index is 5.93. The fourth-order valence-corrected chi connectivity index (χ4v) is 3.57. The van der Waals surface area contributed by atoms with Crippen molar-refractivity contribution in [1.29, 1.82) is 0 Å². The van der Waals surface area contributed by atoms with Gasteiger partial charge in [-0.15, -0.1) is 0 Å². The molecule has 1 N–H and O–H groups in total. The third-order valence-electron chi connectivity index (χ3n) is 4.81. The lowest BCUT2D eigenvalue weighted by Gasteiger charge is -2.25. The first-order chi connectivity index (χ1) is 12.7. The molecule has 2 atom stereocenters. The Balaban J connectivity index is 1.54. The number of nitrogens with one attached hydrogen (secondary N) is 1. The monoisotopic (exact) mass is 376 g/mol. The van der Waals surface area contributed by atoms with E-state index in [0.717, 1.165) is 44.4 Å². The van der Waals surface area contributed by atoms with Gasteiger partial charge in [-0.25, -0.2) is 4.99 Å². The second-order valence-electron chi connectivity index (χ2n) is 6.89. The Kier molecular flexibility index (Phi) is 6.80. The van der Waals surface area contributed by atoms with Crippen molar-refractivity contribution in [3.05, 3.63) is 41.4 Å². The van der Waals surface area contributed by atoms with Crippen molar-refractivity contribution in [2.45, 2.75) is 32.4 Å². The Morgan fingerprint density at radius 3 is 2.73 bits per heavy atom. The Morgan fingerprint density at radius 1 is 1.31 bits per heavy atom. The lowest BCUT2D eigenvalue weighted by atomic mass is 10.2. The molecule has 1 aromatic carbocycles. The molecule has 2 unspecified atom stereocenters. The normalized spacial score (nSPS) is 22.0. The van der Waals surface area contributed by atoms with E-state index in [1.54, 1.807) is 0 Å². The molecule has 6 heteroatoms. The van der Waals surface area contributed by atoms with Crippen LogP contribution in [0.4, 0.5) is 0 Å². The number of rotatable bonds is 6. The summed E-state index contributed by atoms with van der Waals surface area (Å²) in [6, 6.07) is 8.09. The Hall–Kier alpha value is -1.72. The van der Waals surface area contributed by atoms with Crippen LogP contribution in [0.5, 0.6) is 5.75 Å². The fraction of sp³-hybridized carbons (Fsp3) is 0.550. The summed E-state index contributed by atoms with van der Waals surface area (Å²) in [7, 11) is 0. The van der Waals surface area contributed by atoms with Gasteiger partial charge in [0.15, 0.2) is 5.96 Å². The van der Waals surface area contributed by atoms with Gasteiger partial charge in [0.1, 0.15) is 11.9 Å². The molecular formula is C20H29ClN4O. The summed E-state index contributed by atoms with van der Waals surface area (Å²) in [6.07, 6.45) is 5.73. The first-order valence-electron chi connectivity index (χ1n) is 9.50. The van der Waals surface area contributed by atoms with Crippen LogP contribution in [-0.2, 0) is 0 Å². The van der Waals surface area contributed by atoms with E-state index in [2.05, 4.69) is 34.2 Å². The minimum Gasteiger partial charge on any atom is -0.489 e. The van der Waals surface area contributed by atoms with Crippen molar-refractivity contribution in [3.8, 4) is 5.75 Å². The highest BCUT2D eigenvalue weighted by Gasteiger charge is 2.29. The van der Waals surface area contributed by atoms with Crippen molar-refractivity contribution >= 4 is 17.6 Å². The van der Waals surface area contributed by atoms with Gasteiger partial charge in [0.25, 0.3) is 0 Å². The lowest BCUT2D eigenvalue weighted by Crippen LogP contribution is -2.43. The zero-order chi connectivity index (χ0) is 18.4. The molecule has 0 radical (unpaired) electrons. The number of ether oxygens (including phenoxy) is 1. The molecule has 0 bridgehead atoms. The molecule has 5 nitrogen and oxygen atoms in total. The number of nitrogens with zero attached hydrogens (tertiary/aromatic N) is 3. The number of guanidine groups is 1. The van der Waals surface area contributed by atoms with Crippen LogP contribution >= 0.6 is 11.6 Å². The van der Waals surface area contributed by atoms with Crippen molar-refractivity contribution in [3.63, 3.8) is 0 Å². The average Bonchev–Trinajstić information content (AvgIpc) is 3.32. The molecule has 0 saturated carbocycles. The molecule has 1 aromatic rings. The van der Waals surface area contributed by atoms with Crippen molar-refractivity contribution < 1.29 is 4.74 Å². The minimum absolute atomic E-state index is 0.00557. The summed E-state index contributed by atoms with van der Waals surface area (Å²) < 4.78 is 5.93. The van der Waals surface area contributed by atoms with Crippen molar-refractivity contribution in [2.75, 3.05) is 39.3 Å². The predicted molar refractivity (Wildman–Crippen MR) is 108 cm³/mol. The molecule has 0 spiro atoms. The largest absolute Gasteiger partial charge is 0.489 e. The number of aliphatic imine (C=N–C) groups is 1. The highest BCUT2D eigenvalue weighted by Crippen LogP contribution is 2.19.